The summed E-state index contributed by atoms with van der Waals surface area (Å²) in [5.74, 6) is -56.8. The molecule has 0 saturated heterocycles. The Morgan fingerprint density at radius 2 is 1.18 bits per heavy atom. The summed E-state index contributed by atoms with van der Waals surface area (Å²) in [6.45, 7) is -1.15. The van der Waals surface area contributed by atoms with Crippen molar-refractivity contribution >= 4 is 5.97 Å². The Hall–Kier alpha value is -2.43. The van der Waals surface area contributed by atoms with Crippen LogP contribution >= 0.6 is 0 Å². The maximum atomic E-state index is 14.0. The lowest BCUT2D eigenvalue weighted by molar-refractivity contribution is -0.447. The van der Waals surface area contributed by atoms with Crippen LogP contribution in [0.2, 0.25) is 0 Å². The number of hydrogen-bond donors (Lipinski definition) is 0. The number of halogens is 16. The van der Waals surface area contributed by atoms with Gasteiger partial charge in [-0.1, -0.05) is 38.3 Å². The summed E-state index contributed by atoms with van der Waals surface area (Å²) in [5, 5.41) is 0. The summed E-state index contributed by atoms with van der Waals surface area (Å²) in [4.78, 5) is 12.1. The maximum Gasteiger partial charge on any atom is 0.385 e. The molecule has 1 aliphatic rings. The molecule has 0 unspecified atom stereocenters. The van der Waals surface area contributed by atoms with Gasteiger partial charge in [-0.05, 0) is 55.2 Å². The maximum absolute atomic E-state index is 14.0. The molecule has 18 heteroatoms. The lowest BCUT2D eigenvalue weighted by atomic mass is 9.77. The molecule has 0 amide bonds. The average Bonchev–Trinajstić information content (AvgIpc) is 2.94. The number of hydrogen-bond acceptors (Lipinski definition) is 2. The average molecular weight is 674 g/mol. The SMILES string of the molecule is CCCC[C@H]1CC[C@H](c2ccc(C(=O)OCC(F)(F)C(F)(F)C(F)(F)C(F)(F)C(F)(F)C(F)(F)C(F)(F)C(F)F)cc2)CC1. The zero-order chi connectivity index (χ0) is 34.2. The van der Waals surface area contributed by atoms with Gasteiger partial charge < -0.3 is 4.74 Å². The van der Waals surface area contributed by atoms with Crippen molar-refractivity contribution < 1.29 is 79.8 Å². The molecular formula is C26H26F16O2. The van der Waals surface area contributed by atoms with Gasteiger partial charge in [0.1, 0.15) is 0 Å². The molecule has 0 spiro atoms. The van der Waals surface area contributed by atoms with Crippen LogP contribution in [0.25, 0.3) is 0 Å². The second-order valence-electron chi connectivity index (χ2n) is 10.6. The van der Waals surface area contributed by atoms with Crippen LogP contribution in [0.15, 0.2) is 24.3 Å². The van der Waals surface area contributed by atoms with Crippen molar-refractivity contribution in [3.63, 3.8) is 0 Å². The lowest BCUT2D eigenvalue weighted by Crippen LogP contribution is -2.74. The molecule has 0 atom stereocenters. The van der Waals surface area contributed by atoms with Gasteiger partial charge in [-0.25, -0.2) is 13.6 Å². The van der Waals surface area contributed by atoms with Gasteiger partial charge in [-0.3, -0.25) is 0 Å². The highest BCUT2D eigenvalue weighted by Crippen LogP contribution is 2.62. The molecule has 0 heterocycles. The van der Waals surface area contributed by atoms with E-state index in [1.54, 1.807) is 0 Å². The second-order valence-corrected chi connectivity index (χ2v) is 10.6. The number of esters is 1. The van der Waals surface area contributed by atoms with Crippen molar-refractivity contribution in [3.05, 3.63) is 35.4 Å². The molecule has 0 aliphatic heterocycles. The van der Waals surface area contributed by atoms with Crippen LogP contribution in [0.3, 0.4) is 0 Å². The molecule has 1 aromatic carbocycles. The van der Waals surface area contributed by atoms with Gasteiger partial charge in [0.25, 0.3) is 0 Å². The van der Waals surface area contributed by atoms with E-state index in [1.165, 1.54) is 12.1 Å². The highest BCUT2D eigenvalue weighted by Gasteiger charge is 2.93. The zero-order valence-electron chi connectivity index (χ0n) is 22.6. The highest BCUT2D eigenvalue weighted by molar-refractivity contribution is 5.89. The van der Waals surface area contributed by atoms with Crippen LogP contribution in [0, 0.1) is 5.92 Å². The number of benzene rings is 1. The third-order valence-electron chi connectivity index (χ3n) is 7.54. The fraction of sp³-hybridized carbons (Fsp3) is 0.731. The molecule has 1 fully saturated rings. The molecule has 2 rings (SSSR count). The quantitative estimate of drug-likeness (QED) is 0.145. The fourth-order valence-electron chi connectivity index (χ4n) is 4.67. The van der Waals surface area contributed by atoms with Gasteiger partial charge in [0.2, 0.25) is 0 Å². The van der Waals surface area contributed by atoms with Crippen molar-refractivity contribution in [1.82, 2.24) is 0 Å². The summed E-state index contributed by atoms with van der Waals surface area (Å²) in [6, 6.07) is 4.66. The number of alkyl halides is 16. The van der Waals surface area contributed by atoms with Gasteiger partial charge in [0, 0.05) is 0 Å². The van der Waals surface area contributed by atoms with Crippen LogP contribution in [0.5, 0.6) is 0 Å². The van der Waals surface area contributed by atoms with Gasteiger partial charge >= 0.3 is 53.9 Å². The Labute approximate surface area is 240 Å². The molecule has 2 nitrogen and oxygen atoms in total. The van der Waals surface area contributed by atoms with Crippen molar-refractivity contribution in [1.29, 1.82) is 0 Å². The van der Waals surface area contributed by atoms with Gasteiger partial charge in [0.15, 0.2) is 6.61 Å². The summed E-state index contributed by atoms with van der Waals surface area (Å²) in [5.41, 5.74) is 0.0753. The lowest BCUT2D eigenvalue weighted by Gasteiger charge is -2.42. The molecule has 0 bridgehead atoms. The van der Waals surface area contributed by atoms with E-state index < -0.39 is 66.0 Å². The van der Waals surface area contributed by atoms with Crippen LogP contribution < -0.4 is 0 Å². The summed E-state index contributed by atoms with van der Waals surface area (Å²) in [6.07, 6.45) is 0.653. The monoisotopic (exact) mass is 674 g/mol. The van der Waals surface area contributed by atoms with Crippen LogP contribution in [-0.2, 0) is 4.74 Å². The third kappa shape index (κ3) is 6.44. The minimum atomic E-state index is -8.50. The van der Waals surface area contributed by atoms with Crippen LogP contribution in [-0.4, -0.2) is 60.5 Å². The summed E-state index contributed by atoms with van der Waals surface area (Å²) in [7, 11) is 0. The molecule has 1 aromatic rings. The molecule has 0 radical (unpaired) electrons. The van der Waals surface area contributed by atoms with Crippen molar-refractivity contribution in [2.75, 3.05) is 6.61 Å². The second kappa shape index (κ2) is 12.8. The van der Waals surface area contributed by atoms with E-state index in [-0.39, 0.29) is 5.92 Å². The topological polar surface area (TPSA) is 26.3 Å². The van der Waals surface area contributed by atoms with E-state index in [0.717, 1.165) is 57.1 Å². The first-order valence-corrected chi connectivity index (χ1v) is 13.0. The molecular weight excluding hydrogens is 648 g/mol. The van der Waals surface area contributed by atoms with E-state index in [0.29, 0.717) is 11.5 Å². The van der Waals surface area contributed by atoms with Crippen LogP contribution in [0.1, 0.15) is 73.7 Å². The Morgan fingerprint density at radius 1 is 0.727 bits per heavy atom. The van der Waals surface area contributed by atoms with Crippen molar-refractivity contribution in [3.8, 4) is 0 Å². The third-order valence-corrected chi connectivity index (χ3v) is 7.54. The molecule has 1 aliphatic carbocycles. The number of ether oxygens (including phenoxy) is 1. The molecule has 254 valence electrons. The molecule has 44 heavy (non-hydrogen) atoms. The molecule has 1 saturated carbocycles. The number of rotatable bonds is 14. The van der Waals surface area contributed by atoms with Crippen LogP contribution in [0.4, 0.5) is 70.2 Å². The number of unbranched alkanes of at least 4 members (excludes halogenated alkanes) is 1. The summed E-state index contributed by atoms with van der Waals surface area (Å²) < 4.78 is 219. The van der Waals surface area contributed by atoms with Crippen molar-refractivity contribution in [2.45, 2.75) is 106 Å². The zero-order valence-corrected chi connectivity index (χ0v) is 22.6. The normalized spacial score (nSPS) is 19.8. The van der Waals surface area contributed by atoms with E-state index in [4.69, 9.17) is 0 Å². The number of carbonyl (C=O) groups excluding carboxylic acids is 1. The van der Waals surface area contributed by atoms with Gasteiger partial charge in [-0.15, -0.1) is 0 Å². The fourth-order valence-corrected chi connectivity index (χ4v) is 4.67. The first-order chi connectivity index (χ1) is 19.8. The Bertz CT molecular complexity index is 1110. The van der Waals surface area contributed by atoms with E-state index in [9.17, 15) is 75.0 Å². The van der Waals surface area contributed by atoms with E-state index >= 15 is 0 Å². The van der Waals surface area contributed by atoms with E-state index in [1.807, 2.05) is 0 Å². The predicted octanol–water partition coefficient (Wildman–Crippen LogP) is 10.0. The number of carbonyl (C=O) groups is 1. The Morgan fingerprint density at radius 3 is 1.64 bits per heavy atom. The minimum Gasteiger partial charge on any atom is -0.455 e. The van der Waals surface area contributed by atoms with Crippen molar-refractivity contribution in [2.24, 2.45) is 5.92 Å². The molecule has 0 N–H and O–H groups in total. The first-order valence-electron chi connectivity index (χ1n) is 13.0. The Kier molecular flexibility index (Phi) is 10.9. The van der Waals surface area contributed by atoms with Gasteiger partial charge in [-0.2, -0.15) is 61.5 Å². The standard InChI is InChI=1S/C26H26F16O2/c1-2-3-4-14-5-7-15(8-6-14)16-9-11-17(12-10-16)18(43)44-13-20(29,30)22(33,34)24(37,38)26(41,42)25(39,40)23(35,36)21(31,32)19(27)28/h9-12,14-15,19H,2-8,13H2,1H3/t14-,15-. The largest absolute Gasteiger partial charge is 0.455 e. The molecule has 0 aromatic heterocycles. The smallest absolute Gasteiger partial charge is 0.385 e. The first kappa shape index (κ1) is 37.8. The predicted molar refractivity (Wildman–Crippen MR) is 122 cm³/mol. The minimum absolute atomic E-state index is 0.0519. The van der Waals surface area contributed by atoms with E-state index in [2.05, 4.69) is 11.7 Å². The highest BCUT2D eigenvalue weighted by atomic mass is 19.4. The van der Waals surface area contributed by atoms with Gasteiger partial charge in [0.05, 0.1) is 5.56 Å². The summed E-state index contributed by atoms with van der Waals surface area (Å²) >= 11 is 0. The Balaban J connectivity index is 2.18.